The molecule has 0 aromatic heterocycles. The Morgan fingerprint density at radius 1 is 1.21 bits per heavy atom. The number of nitrogens with one attached hydrogen (secondary N) is 2. The zero-order valence-corrected chi connectivity index (χ0v) is 15.9. The molecule has 1 fully saturated rings. The predicted octanol–water partition coefficient (Wildman–Crippen LogP) is 4.14. The number of carbonyl (C=O) groups excluding carboxylic acids is 1. The fraction of sp³-hybridized carbons (Fsp3) is 0.350. The van der Waals surface area contributed by atoms with Crippen molar-refractivity contribution in [1.82, 2.24) is 0 Å². The zero-order chi connectivity index (χ0) is 20.3. The minimum atomic E-state index is -0.858. The van der Waals surface area contributed by atoms with E-state index in [4.69, 9.17) is 0 Å². The number of anilines is 3. The topological polar surface area (TPSA) is 87.5 Å². The van der Waals surface area contributed by atoms with Gasteiger partial charge in [-0.15, -0.1) is 0 Å². The summed E-state index contributed by atoms with van der Waals surface area (Å²) < 4.78 is 13.6. The van der Waals surface area contributed by atoms with Gasteiger partial charge in [-0.25, -0.2) is 4.39 Å². The lowest BCUT2D eigenvalue weighted by Crippen LogP contribution is -2.35. The van der Waals surface area contributed by atoms with Crippen LogP contribution in [0, 0.1) is 17.0 Å². The van der Waals surface area contributed by atoms with E-state index in [1.165, 1.54) is 6.07 Å². The van der Waals surface area contributed by atoms with Gasteiger partial charge >= 0.3 is 0 Å². The summed E-state index contributed by atoms with van der Waals surface area (Å²) in [7, 11) is 1.59. The Balaban J connectivity index is 2.00. The standard InChI is InChI=1S/C20H23FN4O3/c1-13-3-5-15(6-4-13)23-20(26)16-11-19(25(27)28)17(22-2)12-18(16)24-9-7-14(21)8-10-24/h3-6,11-12,14,22H,7-10H2,1-2H3,(H,23,26). The Hall–Kier alpha value is -3.16. The van der Waals surface area contributed by atoms with Gasteiger partial charge in [-0.1, -0.05) is 17.7 Å². The molecule has 0 radical (unpaired) electrons. The predicted molar refractivity (Wildman–Crippen MR) is 108 cm³/mol. The van der Waals surface area contributed by atoms with Gasteiger partial charge in [0.15, 0.2) is 0 Å². The van der Waals surface area contributed by atoms with Gasteiger partial charge in [-0.2, -0.15) is 0 Å². The van der Waals surface area contributed by atoms with Gasteiger partial charge in [0.05, 0.1) is 16.2 Å². The lowest BCUT2D eigenvalue weighted by Gasteiger charge is -2.32. The van der Waals surface area contributed by atoms with E-state index in [1.54, 1.807) is 25.2 Å². The maximum atomic E-state index is 13.6. The van der Waals surface area contributed by atoms with Crippen molar-refractivity contribution in [1.29, 1.82) is 0 Å². The summed E-state index contributed by atoms with van der Waals surface area (Å²) in [6, 6.07) is 10.2. The monoisotopic (exact) mass is 386 g/mol. The number of piperidine rings is 1. The Bertz CT molecular complexity index is 878. The van der Waals surface area contributed by atoms with Crippen molar-refractivity contribution in [2.45, 2.75) is 25.9 Å². The van der Waals surface area contributed by atoms with Gasteiger partial charge in [-0.3, -0.25) is 14.9 Å². The molecule has 0 bridgehead atoms. The summed E-state index contributed by atoms with van der Waals surface area (Å²) in [6.45, 7) is 2.85. The Morgan fingerprint density at radius 2 is 1.86 bits per heavy atom. The van der Waals surface area contributed by atoms with Crippen molar-refractivity contribution >= 4 is 28.7 Å². The average molecular weight is 386 g/mol. The fourth-order valence-electron chi connectivity index (χ4n) is 3.30. The van der Waals surface area contributed by atoms with Crippen molar-refractivity contribution in [3.05, 3.63) is 57.6 Å². The van der Waals surface area contributed by atoms with E-state index < -0.39 is 17.0 Å². The molecule has 1 aliphatic rings. The van der Waals surface area contributed by atoms with Crippen LogP contribution in [-0.2, 0) is 0 Å². The van der Waals surface area contributed by atoms with E-state index >= 15 is 0 Å². The van der Waals surface area contributed by atoms with E-state index in [1.807, 2.05) is 24.0 Å². The number of hydrogen-bond acceptors (Lipinski definition) is 5. The number of rotatable bonds is 5. The lowest BCUT2D eigenvalue weighted by atomic mass is 10.0. The van der Waals surface area contributed by atoms with Crippen LogP contribution in [-0.4, -0.2) is 37.1 Å². The molecule has 148 valence electrons. The van der Waals surface area contributed by atoms with Crippen LogP contribution < -0.4 is 15.5 Å². The Morgan fingerprint density at radius 3 is 2.43 bits per heavy atom. The highest BCUT2D eigenvalue weighted by Crippen LogP contribution is 2.35. The molecule has 8 heteroatoms. The normalized spacial score (nSPS) is 14.6. The summed E-state index contributed by atoms with van der Waals surface area (Å²) >= 11 is 0. The van der Waals surface area contributed by atoms with Crippen LogP contribution in [0.5, 0.6) is 0 Å². The highest BCUT2D eigenvalue weighted by molar-refractivity contribution is 6.09. The highest BCUT2D eigenvalue weighted by atomic mass is 19.1. The van der Waals surface area contributed by atoms with E-state index in [-0.39, 0.29) is 11.3 Å². The molecule has 3 rings (SSSR count). The number of halogens is 1. The number of nitro benzene ring substituents is 1. The third kappa shape index (κ3) is 4.21. The Kier molecular flexibility index (Phi) is 5.77. The van der Waals surface area contributed by atoms with Gasteiger partial charge in [0.1, 0.15) is 11.9 Å². The minimum absolute atomic E-state index is 0.180. The van der Waals surface area contributed by atoms with Gasteiger partial charge in [0.2, 0.25) is 0 Å². The molecule has 1 aliphatic heterocycles. The SMILES string of the molecule is CNc1cc(N2CCC(F)CC2)c(C(=O)Nc2ccc(C)cc2)cc1[N+](=O)[O-]. The largest absolute Gasteiger partial charge is 0.383 e. The maximum absolute atomic E-state index is 13.6. The number of alkyl halides is 1. The Labute approximate surface area is 162 Å². The van der Waals surface area contributed by atoms with Gasteiger partial charge < -0.3 is 15.5 Å². The molecule has 2 aromatic carbocycles. The number of carbonyl (C=O) groups is 1. The molecule has 0 atom stereocenters. The third-order valence-corrected chi connectivity index (χ3v) is 4.90. The average Bonchev–Trinajstić information content (AvgIpc) is 2.69. The molecule has 1 amide bonds. The first-order chi connectivity index (χ1) is 13.4. The van der Waals surface area contributed by atoms with Gasteiger partial charge in [-0.05, 0) is 38.0 Å². The summed E-state index contributed by atoms with van der Waals surface area (Å²) in [5.41, 5.74) is 2.55. The third-order valence-electron chi connectivity index (χ3n) is 4.90. The first kappa shape index (κ1) is 19.6. The van der Waals surface area contributed by atoms with Crippen molar-refractivity contribution in [3.8, 4) is 0 Å². The van der Waals surface area contributed by atoms with E-state index in [0.29, 0.717) is 43.0 Å². The maximum Gasteiger partial charge on any atom is 0.293 e. The zero-order valence-electron chi connectivity index (χ0n) is 15.9. The summed E-state index contributed by atoms with van der Waals surface area (Å²) in [5, 5.41) is 17.1. The first-order valence-corrected chi connectivity index (χ1v) is 9.16. The summed E-state index contributed by atoms with van der Waals surface area (Å²) in [5.74, 6) is -0.438. The lowest BCUT2D eigenvalue weighted by molar-refractivity contribution is -0.383. The quantitative estimate of drug-likeness (QED) is 0.596. The van der Waals surface area contributed by atoms with Crippen LogP contribution in [0.25, 0.3) is 0 Å². The van der Waals surface area contributed by atoms with Crippen molar-refractivity contribution in [3.63, 3.8) is 0 Å². The van der Waals surface area contributed by atoms with Crippen LogP contribution in [0.15, 0.2) is 36.4 Å². The number of aryl methyl sites for hydroxylation is 1. The van der Waals surface area contributed by atoms with E-state index in [0.717, 1.165) is 5.56 Å². The van der Waals surface area contributed by atoms with Crippen molar-refractivity contribution < 1.29 is 14.1 Å². The van der Waals surface area contributed by atoms with Gasteiger partial charge in [0.25, 0.3) is 11.6 Å². The molecule has 2 aromatic rings. The first-order valence-electron chi connectivity index (χ1n) is 9.16. The molecular weight excluding hydrogens is 363 g/mol. The van der Waals surface area contributed by atoms with Crippen molar-refractivity contribution in [2.24, 2.45) is 0 Å². The molecule has 0 saturated carbocycles. The molecule has 0 aliphatic carbocycles. The number of nitrogens with zero attached hydrogens (tertiary/aromatic N) is 2. The smallest absolute Gasteiger partial charge is 0.293 e. The second kappa shape index (κ2) is 8.24. The molecule has 7 nitrogen and oxygen atoms in total. The van der Waals surface area contributed by atoms with E-state index in [9.17, 15) is 19.3 Å². The van der Waals surface area contributed by atoms with Crippen molar-refractivity contribution in [2.75, 3.05) is 35.7 Å². The molecule has 1 heterocycles. The summed E-state index contributed by atoms with van der Waals surface area (Å²) in [4.78, 5) is 25.8. The molecule has 0 unspecified atom stereocenters. The molecular formula is C20H23FN4O3. The molecule has 28 heavy (non-hydrogen) atoms. The van der Waals surface area contributed by atoms with Crippen LogP contribution in [0.2, 0.25) is 0 Å². The number of amides is 1. The van der Waals surface area contributed by atoms with Crippen LogP contribution in [0.1, 0.15) is 28.8 Å². The summed E-state index contributed by atoms with van der Waals surface area (Å²) in [6.07, 6.45) is -0.126. The number of nitro groups is 1. The second-order valence-electron chi connectivity index (χ2n) is 6.88. The van der Waals surface area contributed by atoms with E-state index in [2.05, 4.69) is 10.6 Å². The molecule has 0 spiro atoms. The fourth-order valence-corrected chi connectivity index (χ4v) is 3.30. The van der Waals surface area contributed by atoms with Crippen LogP contribution >= 0.6 is 0 Å². The molecule has 1 saturated heterocycles. The highest BCUT2D eigenvalue weighted by Gasteiger charge is 2.27. The molecule has 2 N–H and O–H groups in total. The van der Waals surface area contributed by atoms with Gasteiger partial charge in [0, 0.05) is 31.9 Å². The van der Waals surface area contributed by atoms with Crippen LogP contribution in [0.4, 0.5) is 27.1 Å². The minimum Gasteiger partial charge on any atom is -0.383 e. The number of benzene rings is 2. The van der Waals surface area contributed by atoms with Crippen LogP contribution in [0.3, 0.4) is 0 Å². The second-order valence-corrected chi connectivity index (χ2v) is 6.88. The number of hydrogen-bond donors (Lipinski definition) is 2.